The fourth-order valence-electron chi connectivity index (χ4n) is 3.58. The number of carbonyl (C=O) groups excluding carboxylic acids is 1. The van der Waals surface area contributed by atoms with Crippen molar-refractivity contribution in [3.63, 3.8) is 0 Å². The highest BCUT2D eigenvalue weighted by molar-refractivity contribution is 7.91. The number of nitrogens with zero attached hydrogens (tertiary/aromatic N) is 2. The lowest BCUT2D eigenvalue weighted by atomic mass is 10.0. The molecule has 1 amide bonds. The van der Waals surface area contributed by atoms with Gasteiger partial charge in [0.2, 0.25) is 5.91 Å². The first kappa shape index (κ1) is 16.3. The Kier molecular flexibility index (Phi) is 4.33. The number of ether oxygens (including phenoxy) is 1. The van der Waals surface area contributed by atoms with E-state index in [-0.39, 0.29) is 29.5 Å². The zero-order valence-corrected chi connectivity index (χ0v) is 14.3. The fourth-order valence-corrected chi connectivity index (χ4v) is 5.59. The van der Waals surface area contributed by atoms with E-state index in [0.29, 0.717) is 19.6 Å². The second-order valence-electron chi connectivity index (χ2n) is 6.24. The van der Waals surface area contributed by atoms with Crippen molar-refractivity contribution in [3.05, 3.63) is 29.8 Å². The van der Waals surface area contributed by atoms with E-state index < -0.39 is 9.84 Å². The van der Waals surface area contributed by atoms with E-state index in [1.807, 2.05) is 24.3 Å². The Balaban J connectivity index is 1.79. The zero-order valence-electron chi connectivity index (χ0n) is 13.4. The van der Waals surface area contributed by atoms with Gasteiger partial charge in [0.1, 0.15) is 5.75 Å². The van der Waals surface area contributed by atoms with Gasteiger partial charge in [0.15, 0.2) is 9.84 Å². The largest absolute Gasteiger partial charge is 0.497 e. The summed E-state index contributed by atoms with van der Waals surface area (Å²) in [5.41, 5.74) is 1.12. The molecule has 0 aromatic heterocycles. The van der Waals surface area contributed by atoms with Crippen molar-refractivity contribution in [3.8, 4) is 5.75 Å². The molecular weight excluding hydrogens is 316 g/mol. The predicted octanol–water partition coefficient (Wildman–Crippen LogP) is 0.525. The van der Waals surface area contributed by atoms with E-state index in [2.05, 4.69) is 4.90 Å². The average Bonchev–Trinajstić information content (AvgIpc) is 2.83. The number of hydrogen-bond acceptors (Lipinski definition) is 5. The number of benzene rings is 1. The van der Waals surface area contributed by atoms with Gasteiger partial charge in [0, 0.05) is 32.6 Å². The third kappa shape index (κ3) is 3.35. The van der Waals surface area contributed by atoms with E-state index in [0.717, 1.165) is 11.3 Å². The summed E-state index contributed by atoms with van der Waals surface area (Å²) in [7, 11) is -1.46. The van der Waals surface area contributed by atoms with Crippen molar-refractivity contribution < 1.29 is 17.9 Å². The molecule has 1 aromatic carbocycles. The molecule has 2 aliphatic rings. The second-order valence-corrected chi connectivity index (χ2v) is 8.40. The van der Waals surface area contributed by atoms with Crippen LogP contribution in [0.4, 0.5) is 0 Å². The molecule has 7 heteroatoms. The Morgan fingerprint density at radius 3 is 2.43 bits per heavy atom. The Bertz CT molecular complexity index is 687. The van der Waals surface area contributed by atoms with E-state index >= 15 is 0 Å². The van der Waals surface area contributed by atoms with Gasteiger partial charge >= 0.3 is 0 Å². The third-order valence-electron chi connectivity index (χ3n) is 4.74. The lowest BCUT2D eigenvalue weighted by Gasteiger charge is -2.43. The zero-order chi connectivity index (χ0) is 16.6. The first-order valence-electron chi connectivity index (χ1n) is 7.74. The van der Waals surface area contributed by atoms with Gasteiger partial charge in [0.25, 0.3) is 0 Å². The van der Waals surface area contributed by atoms with Crippen molar-refractivity contribution in [1.82, 2.24) is 9.80 Å². The minimum absolute atomic E-state index is 0.0406. The molecule has 2 fully saturated rings. The number of methoxy groups -OCH3 is 1. The van der Waals surface area contributed by atoms with Crippen molar-refractivity contribution in [2.45, 2.75) is 25.6 Å². The van der Waals surface area contributed by atoms with Crippen LogP contribution < -0.4 is 4.74 Å². The van der Waals surface area contributed by atoms with Crippen LogP contribution in [0.1, 0.15) is 12.5 Å². The number of carbonyl (C=O) groups is 1. The van der Waals surface area contributed by atoms with Gasteiger partial charge in [0.05, 0.1) is 24.7 Å². The van der Waals surface area contributed by atoms with Gasteiger partial charge in [-0.05, 0) is 17.7 Å². The maximum absolute atomic E-state index is 12.1. The van der Waals surface area contributed by atoms with Crippen molar-refractivity contribution in [1.29, 1.82) is 0 Å². The minimum atomic E-state index is -3.09. The molecule has 0 aliphatic carbocycles. The van der Waals surface area contributed by atoms with Crippen LogP contribution >= 0.6 is 0 Å². The number of hydrogen-bond donors (Lipinski definition) is 0. The normalized spacial score (nSPS) is 26.8. The smallest absolute Gasteiger partial charge is 0.219 e. The maximum Gasteiger partial charge on any atom is 0.219 e. The quantitative estimate of drug-likeness (QED) is 0.804. The summed E-state index contributed by atoms with van der Waals surface area (Å²) in [5.74, 6) is 0.978. The summed E-state index contributed by atoms with van der Waals surface area (Å²) < 4.78 is 29.3. The predicted molar refractivity (Wildman–Crippen MR) is 87.0 cm³/mol. The van der Waals surface area contributed by atoms with E-state index in [1.54, 1.807) is 12.0 Å². The molecule has 0 N–H and O–H groups in total. The van der Waals surface area contributed by atoms with Crippen LogP contribution in [0.5, 0.6) is 5.75 Å². The molecule has 0 unspecified atom stereocenters. The molecule has 3 rings (SSSR count). The lowest BCUT2D eigenvalue weighted by molar-refractivity contribution is -0.134. The first-order valence-corrected chi connectivity index (χ1v) is 9.56. The molecule has 2 aliphatic heterocycles. The van der Waals surface area contributed by atoms with Crippen molar-refractivity contribution in [2.75, 3.05) is 31.7 Å². The standard InChI is InChI=1S/C16H22N2O4S/c1-12(19)18-8-7-17(15-10-23(20,21)11-16(15)18)9-13-3-5-14(22-2)6-4-13/h3-6,15-16H,7-11H2,1-2H3/t15-,16+/m1/s1. The number of fused-ring (bicyclic) bond motifs is 1. The van der Waals surface area contributed by atoms with Gasteiger partial charge in [-0.15, -0.1) is 0 Å². The molecule has 2 atom stereocenters. The number of piperazine rings is 1. The lowest BCUT2D eigenvalue weighted by Crippen LogP contribution is -2.59. The highest BCUT2D eigenvalue weighted by Crippen LogP contribution is 2.28. The summed E-state index contributed by atoms with van der Waals surface area (Å²) in [5, 5.41) is 0. The third-order valence-corrected chi connectivity index (χ3v) is 6.44. The van der Waals surface area contributed by atoms with Gasteiger partial charge in [-0.25, -0.2) is 8.42 Å². The number of rotatable bonds is 3. The summed E-state index contributed by atoms with van der Waals surface area (Å²) in [4.78, 5) is 15.7. The molecule has 0 bridgehead atoms. The van der Waals surface area contributed by atoms with Crippen LogP contribution in [0.15, 0.2) is 24.3 Å². The average molecular weight is 338 g/mol. The van der Waals surface area contributed by atoms with Gasteiger partial charge in [-0.3, -0.25) is 9.69 Å². The molecule has 2 saturated heterocycles. The van der Waals surface area contributed by atoms with Gasteiger partial charge in [-0.1, -0.05) is 12.1 Å². The Morgan fingerprint density at radius 1 is 1.17 bits per heavy atom. The second kappa shape index (κ2) is 6.13. The highest BCUT2D eigenvalue weighted by Gasteiger charge is 2.47. The number of sulfone groups is 1. The van der Waals surface area contributed by atoms with E-state index in [9.17, 15) is 13.2 Å². The van der Waals surface area contributed by atoms with Crippen molar-refractivity contribution in [2.24, 2.45) is 0 Å². The first-order chi connectivity index (χ1) is 10.9. The molecule has 6 nitrogen and oxygen atoms in total. The molecule has 2 heterocycles. The molecule has 1 aromatic rings. The van der Waals surface area contributed by atoms with E-state index in [1.165, 1.54) is 6.92 Å². The maximum atomic E-state index is 12.1. The van der Waals surface area contributed by atoms with Crippen LogP contribution in [-0.4, -0.2) is 67.9 Å². The molecule has 0 saturated carbocycles. The van der Waals surface area contributed by atoms with E-state index in [4.69, 9.17) is 4.74 Å². The van der Waals surface area contributed by atoms with Crippen molar-refractivity contribution >= 4 is 15.7 Å². The molecule has 126 valence electrons. The summed E-state index contributed by atoms with van der Waals surface area (Å²) in [6.45, 7) is 3.48. The topological polar surface area (TPSA) is 66.9 Å². The molecule has 23 heavy (non-hydrogen) atoms. The van der Waals surface area contributed by atoms with Crippen LogP contribution in [0.25, 0.3) is 0 Å². The molecular formula is C16H22N2O4S. The Morgan fingerprint density at radius 2 is 1.83 bits per heavy atom. The van der Waals surface area contributed by atoms with Crippen LogP contribution in [0.2, 0.25) is 0 Å². The SMILES string of the molecule is COc1ccc(CN2CCN(C(C)=O)[C@H]3CS(=O)(=O)C[C@H]32)cc1. The minimum Gasteiger partial charge on any atom is -0.497 e. The Hall–Kier alpha value is -1.60. The molecule has 0 spiro atoms. The van der Waals surface area contributed by atoms with Gasteiger partial charge in [-0.2, -0.15) is 0 Å². The number of amides is 1. The van der Waals surface area contributed by atoms with Gasteiger partial charge < -0.3 is 9.64 Å². The summed E-state index contributed by atoms with van der Waals surface area (Å²) in [6, 6.07) is 7.47. The fraction of sp³-hybridized carbons (Fsp3) is 0.562. The summed E-state index contributed by atoms with van der Waals surface area (Å²) in [6.07, 6.45) is 0. The highest BCUT2D eigenvalue weighted by atomic mass is 32.2. The van der Waals surface area contributed by atoms with Crippen LogP contribution in [-0.2, 0) is 21.2 Å². The monoisotopic (exact) mass is 338 g/mol. The Labute approximate surface area is 136 Å². The van der Waals surface area contributed by atoms with Crippen LogP contribution in [0, 0.1) is 0 Å². The van der Waals surface area contributed by atoms with Crippen LogP contribution in [0.3, 0.4) is 0 Å². The summed E-state index contributed by atoms with van der Waals surface area (Å²) >= 11 is 0. The molecule has 0 radical (unpaired) electrons.